The summed E-state index contributed by atoms with van der Waals surface area (Å²) in [6.07, 6.45) is 0. The first-order chi connectivity index (χ1) is 9.04. The van der Waals surface area contributed by atoms with Crippen molar-refractivity contribution in [1.29, 1.82) is 0 Å². The van der Waals surface area contributed by atoms with Crippen molar-refractivity contribution in [2.75, 3.05) is 6.61 Å². The lowest BCUT2D eigenvalue weighted by Crippen LogP contribution is -1.97. The lowest BCUT2D eigenvalue weighted by Gasteiger charge is -2.14. The van der Waals surface area contributed by atoms with Crippen molar-refractivity contribution in [3.63, 3.8) is 0 Å². The monoisotopic (exact) mass is 334 g/mol. The summed E-state index contributed by atoms with van der Waals surface area (Å²) < 4.78 is 5.41. The zero-order valence-electron chi connectivity index (χ0n) is 10.5. The molecule has 0 saturated heterocycles. The first kappa shape index (κ1) is 15.0. The molecule has 0 aliphatic carbocycles. The molecule has 0 spiro atoms. The normalized spacial score (nSPS) is 12.5. The molecule has 1 aromatic heterocycles. The van der Waals surface area contributed by atoms with Gasteiger partial charge in [-0.25, -0.2) is 0 Å². The molecule has 1 nitrogen and oxygen atoms in total. The van der Waals surface area contributed by atoms with Crippen LogP contribution in [-0.4, -0.2) is 6.61 Å². The topological polar surface area (TPSA) is 9.23 Å². The van der Waals surface area contributed by atoms with Gasteiger partial charge in [-0.05, 0) is 42.5 Å². The van der Waals surface area contributed by atoms with Crippen molar-refractivity contribution in [3.8, 4) is 5.75 Å². The van der Waals surface area contributed by atoms with Crippen molar-refractivity contribution in [2.24, 2.45) is 0 Å². The van der Waals surface area contributed by atoms with Gasteiger partial charge in [0, 0.05) is 16.0 Å². The van der Waals surface area contributed by atoms with E-state index in [0.717, 1.165) is 16.0 Å². The Bertz CT molecular complexity index is 580. The van der Waals surface area contributed by atoms with Crippen LogP contribution in [-0.2, 0) is 0 Å². The molecular weight excluding hydrogens is 323 g/mol. The third-order valence-electron chi connectivity index (χ3n) is 2.76. The Morgan fingerprint density at radius 1 is 1.26 bits per heavy atom. The highest BCUT2D eigenvalue weighted by Crippen LogP contribution is 2.41. The minimum absolute atomic E-state index is 0.291. The van der Waals surface area contributed by atoms with Gasteiger partial charge >= 0.3 is 0 Å². The van der Waals surface area contributed by atoms with Crippen LogP contribution in [0.15, 0.2) is 23.6 Å². The first-order valence-corrected chi connectivity index (χ1v) is 7.91. The molecule has 1 unspecified atom stereocenters. The summed E-state index contributed by atoms with van der Waals surface area (Å²) in [6, 6.07) is 5.55. The van der Waals surface area contributed by atoms with Crippen molar-refractivity contribution in [2.45, 2.75) is 19.2 Å². The zero-order chi connectivity index (χ0) is 14.0. The summed E-state index contributed by atoms with van der Waals surface area (Å²) >= 11 is 20.6. The molecule has 0 radical (unpaired) electrons. The number of aryl methyl sites for hydroxylation is 1. The quantitative estimate of drug-likeness (QED) is 0.614. The lowest BCUT2D eigenvalue weighted by molar-refractivity contribution is 0.340. The van der Waals surface area contributed by atoms with Crippen LogP contribution in [0.4, 0.5) is 0 Å². The van der Waals surface area contributed by atoms with Crippen molar-refractivity contribution in [3.05, 3.63) is 49.6 Å². The maximum Gasteiger partial charge on any atom is 0.139 e. The number of thiophene rings is 1. The zero-order valence-corrected chi connectivity index (χ0v) is 13.6. The predicted octanol–water partition coefficient (Wildman–Crippen LogP) is 6.09. The van der Waals surface area contributed by atoms with Gasteiger partial charge in [-0.1, -0.05) is 23.2 Å². The van der Waals surface area contributed by atoms with Crippen molar-refractivity contribution in [1.82, 2.24) is 0 Å². The van der Waals surface area contributed by atoms with E-state index in [9.17, 15) is 0 Å². The Morgan fingerprint density at radius 3 is 2.58 bits per heavy atom. The van der Waals surface area contributed by atoms with Crippen molar-refractivity contribution >= 4 is 46.1 Å². The molecule has 2 aromatic rings. The molecule has 0 N–H and O–H groups in total. The van der Waals surface area contributed by atoms with Gasteiger partial charge in [0.25, 0.3) is 0 Å². The Balaban J connectivity index is 2.40. The molecule has 102 valence electrons. The van der Waals surface area contributed by atoms with Crippen LogP contribution < -0.4 is 4.74 Å². The van der Waals surface area contributed by atoms with Crippen LogP contribution in [0.2, 0.25) is 10.0 Å². The van der Waals surface area contributed by atoms with E-state index < -0.39 is 0 Å². The molecule has 2 rings (SSSR count). The number of hydrogen-bond donors (Lipinski definition) is 0. The molecular formula is C14H13Cl3OS. The van der Waals surface area contributed by atoms with E-state index in [0.29, 0.717) is 22.4 Å². The van der Waals surface area contributed by atoms with Crippen LogP contribution in [0, 0.1) is 6.92 Å². The highest BCUT2D eigenvalue weighted by Gasteiger charge is 2.19. The fourth-order valence-corrected chi connectivity index (χ4v) is 3.76. The predicted molar refractivity (Wildman–Crippen MR) is 84.4 cm³/mol. The fourth-order valence-electron chi connectivity index (χ4n) is 1.79. The Morgan fingerprint density at radius 2 is 2.00 bits per heavy atom. The summed E-state index contributed by atoms with van der Waals surface area (Å²) in [5, 5.41) is 2.83. The first-order valence-electron chi connectivity index (χ1n) is 5.84. The van der Waals surface area contributed by atoms with Gasteiger partial charge in [0.1, 0.15) is 5.75 Å². The second-order valence-electron chi connectivity index (χ2n) is 4.07. The molecule has 0 saturated carbocycles. The summed E-state index contributed by atoms with van der Waals surface area (Å²) in [5.41, 5.74) is 1.97. The van der Waals surface area contributed by atoms with Crippen LogP contribution in [0.25, 0.3) is 0 Å². The maximum absolute atomic E-state index is 6.51. The molecule has 1 heterocycles. The molecule has 0 bridgehead atoms. The highest BCUT2D eigenvalue weighted by atomic mass is 35.5. The van der Waals surface area contributed by atoms with E-state index in [-0.39, 0.29) is 5.38 Å². The van der Waals surface area contributed by atoms with Gasteiger partial charge in [0.2, 0.25) is 0 Å². The lowest BCUT2D eigenvalue weighted by atomic mass is 10.1. The van der Waals surface area contributed by atoms with Crippen LogP contribution >= 0.6 is 46.1 Å². The molecule has 1 aromatic carbocycles. The number of rotatable bonds is 4. The van der Waals surface area contributed by atoms with E-state index >= 15 is 0 Å². The Hall–Kier alpha value is -0.410. The van der Waals surface area contributed by atoms with Gasteiger partial charge in [-0.3, -0.25) is 0 Å². The second-order valence-corrected chi connectivity index (χ2v) is 6.27. The van der Waals surface area contributed by atoms with E-state index in [4.69, 9.17) is 39.5 Å². The maximum atomic E-state index is 6.51. The van der Waals surface area contributed by atoms with Gasteiger partial charge < -0.3 is 4.74 Å². The van der Waals surface area contributed by atoms with Crippen LogP contribution in [0.3, 0.4) is 0 Å². The van der Waals surface area contributed by atoms with E-state index in [1.807, 2.05) is 25.3 Å². The fraction of sp³-hybridized carbons (Fsp3) is 0.286. The number of alkyl halides is 1. The SMILES string of the molecule is CCOc1cc(Cl)c(C(Cl)c2sccc2C)cc1Cl. The third kappa shape index (κ3) is 3.19. The average Bonchev–Trinajstić information content (AvgIpc) is 2.79. The molecule has 1 atom stereocenters. The standard InChI is InChI=1S/C14H13Cl3OS/c1-3-18-12-7-10(15)9(6-11(12)16)13(17)14-8(2)4-5-19-14/h4-7,13H,3H2,1-2H3. The number of hydrogen-bond acceptors (Lipinski definition) is 2. The smallest absolute Gasteiger partial charge is 0.139 e. The molecule has 19 heavy (non-hydrogen) atoms. The number of benzene rings is 1. The highest BCUT2D eigenvalue weighted by molar-refractivity contribution is 7.10. The number of ether oxygens (including phenoxy) is 1. The van der Waals surface area contributed by atoms with Crippen LogP contribution in [0.1, 0.15) is 28.3 Å². The van der Waals surface area contributed by atoms with Gasteiger partial charge in [-0.15, -0.1) is 22.9 Å². The molecule has 0 aliphatic rings. The molecule has 0 fully saturated rings. The second kappa shape index (κ2) is 6.36. The van der Waals surface area contributed by atoms with E-state index in [1.165, 1.54) is 0 Å². The van der Waals surface area contributed by atoms with E-state index in [2.05, 4.69) is 0 Å². The third-order valence-corrected chi connectivity index (χ3v) is 5.05. The summed E-state index contributed by atoms with van der Waals surface area (Å²) in [6.45, 7) is 4.48. The van der Waals surface area contributed by atoms with Crippen molar-refractivity contribution < 1.29 is 4.74 Å². The average molecular weight is 336 g/mol. The minimum Gasteiger partial charge on any atom is -0.492 e. The van der Waals surface area contributed by atoms with E-state index in [1.54, 1.807) is 23.5 Å². The molecule has 0 amide bonds. The summed E-state index contributed by atoms with van der Waals surface area (Å²) in [5.74, 6) is 0.588. The Kier molecular flexibility index (Phi) is 5.02. The largest absolute Gasteiger partial charge is 0.492 e. The molecule has 0 aliphatic heterocycles. The van der Waals surface area contributed by atoms with Gasteiger partial charge in [-0.2, -0.15) is 0 Å². The number of halogens is 3. The molecule has 5 heteroatoms. The van der Waals surface area contributed by atoms with Gasteiger partial charge in [0.15, 0.2) is 0 Å². The van der Waals surface area contributed by atoms with Crippen LogP contribution in [0.5, 0.6) is 5.75 Å². The van der Waals surface area contributed by atoms with Gasteiger partial charge in [0.05, 0.1) is 17.0 Å². The minimum atomic E-state index is -0.291. The Labute approximate surface area is 132 Å². The summed E-state index contributed by atoms with van der Waals surface area (Å²) in [4.78, 5) is 1.09. The summed E-state index contributed by atoms with van der Waals surface area (Å²) in [7, 11) is 0.